The fraction of sp³-hybridized carbons (Fsp3) is 0.750. The summed E-state index contributed by atoms with van der Waals surface area (Å²) in [5.41, 5.74) is 5.36. The van der Waals surface area contributed by atoms with E-state index in [-0.39, 0.29) is 6.54 Å². The lowest BCUT2D eigenvalue weighted by Gasteiger charge is -2.12. The van der Waals surface area contributed by atoms with Crippen molar-refractivity contribution in [3.8, 4) is 0 Å². The fourth-order valence-electron chi connectivity index (χ4n) is 1.03. The van der Waals surface area contributed by atoms with Crippen molar-refractivity contribution in [1.82, 2.24) is 10.2 Å². The summed E-state index contributed by atoms with van der Waals surface area (Å²) in [5.74, 6) is 1.49. The first-order valence-electron chi connectivity index (χ1n) is 4.58. The Labute approximate surface area is 87.8 Å². The number of rotatable bonds is 6. The van der Waals surface area contributed by atoms with Crippen LogP contribution in [-0.2, 0) is 6.54 Å². The van der Waals surface area contributed by atoms with Crippen molar-refractivity contribution in [3.63, 3.8) is 0 Å². The predicted molar refractivity (Wildman–Crippen MR) is 58.3 cm³/mol. The van der Waals surface area contributed by atoms with Crippen molar-refractivity contribution >= 4 is 17.8 Å². The van der Waals surface area contributed by atoms with Crippen LogP contribution in [0.5, 0.6) is 0 Å². The Morgan fingerprint density at radius 1 is 1.57 bits per heavy atom. The molecule has 3 N–H and O–H groups in total. The second kappa shape index (κ2) is 5.87. The molecule has 5 nitrogen and oxygen atoms in total. The molecule has 0 aliphatic heterocycles. The van der Waals surface area contributed by atoms with E-state index in [1.807, 2.05) is 0 Å². The maximum absolute atomic E-state index is 5.36. The van der Waals surface area contributed by atoms with E-state index in [1.165, 1.54) is 0 Å². The molecule has 0 amide bonds. The van der Waals surface area contributed by atoms with Crippen LogP contribution in [0.25, 0.3) is 0 Å². The normalized spacial score (nSPS) is 12.8. The molecule has 0 saturated carbocycles. The van der Waals surface area contributed by atoms with E-state index in [2.05, 4.69) is 28.7 Å². The van der Waals surface area contributed by atoms with Gasteiger partial charge in [-0.05, 0) is 12.7 Å². The molecule has 14 heavy (non-hydrogen) atoms. The van der Waals surface area contributed by atoms with Crippen LogP contribution in [0.1, 0.15) is 19.2 Å². The average Bonchev–Trinajstić information content (AvgIpc) is 2.65. The molecule has 0 radical (unpaired) electrons. The lowest BCUT2D eigenvalue weighted by Crippen LogP contribution is -2.21. The van der Waals surface area contributed by atoms with Crippen molar-refractivity contribution in [2.24, 2.45) is 5.73 Å². The van der Waals surface area contributed by atoms with E-state index in [4.69, 9.17) is 10.2 Å². The SMILES string of the molecule is CCC(CSC)Nc1nnc(CN)o1. The average molecular weight is 216 g/mol. The summed E-state index contributed by atoms with van der Waals surface area (Å²) < 4.78 is 5.24. The Morgan fingerprint density at radius 3 is 2.86 bits per heavy atom. The van der Waals surface area contributed by atoms with Gasteiger partial charge in [0.15, 0.2) is 0 Å². The molecule has 0 saturated heterocycles. The summed E-state index contributed by atoms with van der Waals surface area (Å²) in [6, 6.07) is 0.836. The van der Waals surface area contributed by atoms with E-state index in [9.17, 15) is 0 Å². The predicted octanol–water partition coefficient (Wildman–Crippen LogP) is 1.08. The van der Waals surface area contributed by atoms with Crippen LogP contribution in [0.2, 0.25) is 0 Å². The standard InChI is InChI=1S/C8H16N4OS/c1-3-6(5-14-2)10-8-12-11-7(4-9)13-8/h6H,3-5,9H2,1-2H3,(H,10,12). The quantitative estimate of drug-likeness (QED) is 0.741. The molecule has 0 aliphatic carbocycles. The van der Waals surface area contributed by atoms with E-state index in [1.54, 1.807) is 11.8 Å². The van der Waals surface area contributed by atoms with Crippen molar-refractivity contribution < 1.29 is 4.42 Å². The molecule has 0 aliphatic rings. The van der Waals surface area contributed by atoms with Crippen LogP contribution in [0, 0.1) is 0 Å². The van der Waals surface area contributed by atoms with Crippen LogP contribution in [-0.4, -0.2) is 28.2 Å². The van der Waals surface area contributed by atoms with Gasteiger partial charge >= 0.3 is 6.01 Å². The highest BCUT2D eigenvalue weighted by Crippen LogP contribution is 2.10. The smallest absolute Gasteiger partial charge is 0.315 e. The van der Waals surface area contributed by atoms with E-state index in [0.29, 0.717) is 17.9 Å². The topological polar surface area (TPSA) is 77.0 Å². The molecule has 0 spiro atoms. The first kappa shape index (κ1) is 11.3. The summed E-state index contributed by atoms with van der Waals surface area (Å²) in [4.78, 5) is 0. The van der Waals surface area contributed by atoms with Crippen LogP contribution < -0.4 is 11.1 Å². The van der Waals surface area contributed by atoms with Crippen molar-refractivity contribution in [2.75, 3.05) is 17.3 Å². The van der Waals surface area contributed by atoms with Gasteiger partial charge in [0.1, 0.15) is 0 Å². The summed E-state index contributed by atoms with van der Waals surface area (Å²) in [7, 11) is 0. The van der Waals surface area contributed by atoms with Gasteiger partial charge in [-0.2, -0.15) is 11.8 Å². The van der Waals surface area contributed by atoms with Gasteiger partial charge in [0.05, 0.1) is 6.54 Å². The zero-order chi connectivity index (χ0) is 10.4. The van der Waals surface area contributed by atoms with Crippen molar-refractivity contribution in [2.45, 2.75) is 25.9 Å². The second-order valence-corrected chi connectivity index (χ2v) is 3.82. The maximum Gasteiger partial charge on any atom is 0.315 e. The maximum atomic E-state index is 5.36. The summed E-state index contributed by atoms with van der Waals surface area (Å²) in [5, 5.41) is 10.8. The van der Waals surface area contributed by atoms with E-state index < -0.39 is 0 Å². The molecule has 6 heteroatoms. The van der Waals surface area contributed by atoms with Crippen LogP contribution >= 0.6 is 11.8 Å². The highest BCUT2D eigenvalue weighted by molar-refractivity contribution is 7.98. The highest BCUT2D eigenvalue weighted by atomic mass is 32.2. The van der Waals surface area contributed by atoms with Crippen LogP contribution in [0.3, 0.4) is 0 Å². The minimum absolute atomic E-state index is 0.286. The third-order valence-electron chi connectivity index (χ3n) is 1.83. The Kier molecular flexibility index (Phi) is 4.75. The first-order chi connectivity index (χ1) is 6.80. The zero-order valence-electron chi connectivity index (χ0n) is 8.49. The van der Waals surface area contributed by atoms with Gasteiger partial charge in [0.25, 0.3) is 0 Å². The molecular weight excluding hydrogens is 200 g/mol. The molecule has 1 unspecified atom stereocenters. The van der Waals surface area contributed by atoms with Gasteiger partial charge < -0.3 is 15.5 Å². The summed E-state index contributed by atoms with van der Waals surface area (Å²) >= 11 is 1.79. The van der Waals surface area contributed by atoms with Crippen LogP contribution in [0.15, 0.2) is 4.42 Å². The first-order valence-corrected chi connectivity index (χ1v) is 5.97. The number of aromatic nitrogens is 2. The van der Waals surface area contributed by atoms with Gasteiger partial charge in [-0.1, -0.05) is 12.0 Å². The Bertz CT molecular complexity index is 266. The lowest BCUT2D eigenvalue weighted by atomic mass is 10.3. The number of thioether (sulfide) groups is 1. The number of nitrogens with zero attached hydrogens (tertiary/aromatic N) is 2. The third kappa shape index (κ3) is 3.19. The molecule has 80 valence electrons. The molecular formula is C8H16N4OS. The number of nitrogens with two attached hydrogens (primary N) is 1. The largest absolute Gasteiger partial charge is 0.407 e. The molecule has 1 atom stereocenters. The Morgan fingerprint density at radius 2 is 2.36 bits per heavy atom. The summed E-state index contributed by atoms with van der Waals surface area (Å²) in [6.07, 6.45) is 3.10. The van der Waals surface area contributed by atoms with Crippen molar-refractivity contribution in [1.29, 1.82) is 0 Å². The third-order valence-corrected chi connectivity index (χ3v) is 2.57. The van der Waals surface area contributed by atoms with Gasteiger partial charge in [-0.15, -0.1) is 5.10 Å². The molecule has 0 fully saturated rings. The van der Waals surface area contributed by atoms with Gasteiger partial charge in [0.2, 0.25) is 5.89 Å². The molecule has 0 aromatic carbocycles. The van der Waals surface area contributed by atoms with Gasteiger partial charge in [-0.3, -0.25) is 0 Å². The minimum atomic E-state index is 0.286. The molecule has 1 heterocycles. The monoisotopic (exact) mass is 216 g/mol. The number of anilines is 1. The Hall–Kier alpha value is -0.750. The number of nitrogens with one attached hydrogen (secondary N) is 1. The zero-order valence-corrected chi connectivity index (χ0v) is 9.30. The number of hydrogen-bond acceptors (Lipinski definition) is 6. The fourth-order valence-corrected chi connectivity index (χ4v) is 1.75. The molecule has 1 aromatic rings. The highest BCUT2D eigenvalue weighted by Gasteiger charge is 2.09. The van der Waals surface area contributed by atoms with Gasteiger partial charge in [0, 0.05) is 11.8 Å². The van der Waals surface area contributed by atoms with E-state index in [0.717, 1.165) is 12.2 Å². The molecule has 1 rings (SSSR count). The molecule has 0 bridgehead atoms. The second-order valence-electron chi connectivity index (χ2n) is 2.91. The van der Waals surface area contributed by atoms with Gasteiger partial charge in [-0.25, -0.2) is 0 Å². The Balaban J connectivity index is 2.48. The molecule has 1 aromatic heterocycles. The van der Waals surface area contributed by atoms with E-state index >= 15 is 0 Å². The van der Waals surface area contributed by atoms with Crippen LogP contribution in [0.4, 0.5) is 6.01 Å². The minimum Gasteiger partial charge on any atom is -0.407 e. The number of hydrogen-bond donors (Lipinski definition) is 2. The summed E-state index contributed by atoms with van der Waals surface area (Å²) in [6.45, 7) is 2.40. The lowest BCUT2D eigenvalue weighted by molar-refractivity contribution is 0.501. The van der Waals surface area contributed by atoms with Crippen molar-refractivity contribution in [3.05, 3.63) is 5.89 Å².